The summed E-state index contributed by atoms with van der Waals surface area (Å²) in [6, 6.07) is 21.6. The highest BCUT2D eigenvalue weighted by molar-refractivity contribution is 6.27. The molecular formula is C25H20O6. The van der Waals surface area contributed by atoms with Crippen molar-refractivity contribution in [1.29, 1.82) is 0 Å². The Bertz CT molecular complexity index is 1130. The number of hydrogen-bond donors (Lipinski definition) is 0. The van der Waals surface area contributed by atoms with Crippen molar-refractivity contribution in [2.24, 2.45) is 0 Å². The Morgan fingerprint density at radius 2 is 1.74 bits per heavy atom. The second-order valence-corrected chi connectivity index (χ2v) is 6.79. The Hall–Kier alpha value is -4.06. The minimum Gasteiger partial charge on any atom is -0.489 e. The van der Waals surface area contributed by atoms with Gasteiger partial charge >= 0.3 is 5.97 Å². The molecule has 0 unspecified atom stereocenters. The fourth-order valence-electron chi connectivity index (χ4n) is 3.12. The Kier molecular flexibility index (Phi) is 5.98. The summed E-state index contributed by atoms with van der Waals surface area (Å²) in [7, 11) is 1.24. The van der Waals surface area contributed by atoms with Crippen LogP contribution in [-0.2, 0) is 16.1 Å². The van der Waals surface area contributed by atoms with E-state index in [2.05, 4.69) is 0 Å². The van der Waals surface area contributed by atoms with Crippen molar-refractivity contribution in [2.45, 2.75) is 6.61 Å². The number of benzene rings is 3. The maximum absolute atomic E-state index is 13.1. The van der Waals surface area contributed by atoms with Gasteiger partial charge in [-0.05, 0) is 41.5 Å². The molecule has 0 aliphatic carbocycles. The molecule has 1 aliphatic heterocycles. The molecule has 0 N–H and O–H groups in total. The molecule has 0 spiro atoms. The molecule has 31 heavy (non-hydrogen) atoms. The molecule has 0 saturated heterocycles. The van der Waals surface area contributed by atoms with Gasteiger partial charge in [0.15, 0.2) is 17.3 Å². The first-order valence-corrected chi connectivity index (χ1v) is 9.65. The standard InChI is InChI=1S/C25H20O6/c1-28-25(27)21(12-18-10-11-22-23(13-18)31-16-30-22)24(26)19-8-5-9-20(14-19)29-15-17-6-3-2-4-7-17/h2-14H,15-16H2,1H3/b21-12-. The van der Waals surface area contributed by atoms with Crippen LogP contribution in [0.1, 0.15) is 21.5 Å². The van der Waals surface area contributed by atoms with E-state index in [0.717, 1.165) is 5.56 Å². The van der Waals surface area contributed by atoms with Crippen molar-refractivity contribution in [3.05, 3.63) is 95.1 Å². The molecule has 0 amide bonds. The highest BCUT2D eigenvalue weighted by atomic mass is 16.7. The van der Waals surface area contributed by atoms with Crippen molar-refractivity contribution in [3.8, 4) is 17.2 Å². The summed E-state index contributed by atoms with van der Waals surface area (Å²) in [6.07, 6.45) is 1.48. The van der Waals surface area contributed by atoms with Gasteiger partial charge in [0, 0.05) is 5.56 Å². The molecule has 0 radical (unpaired) electrons. The maximum Gasteiger partial charge on any atom is 0.341 e. The maximum atomic E-state index is 13.1. The third kappa shape index (κ3) is 4.75. The van der Waals surface area contributed by atoms with Gasteiger partial charge in [-0.1, -0.05) is 48.5 Å². The lowest BCUT2D eigenvalue weighted by atomic mass is 10.0. The van der Waals surface area contributed by atoms with Gasteiger partial charge in [-0.15, -0.1) is 0 Å². The molecule has 4 rings (SSSR count). The molecule has 1 aliphatic rings. The lowest BCUT2D eigenvalue weighted by Crippen LogP contribution is -2.15. The topological polar surface area (TPSA) is 71.1 Å². The van der Waals surface area contributed by atoms with Crippen LogP contribution in [0.3, 0.4) is 0 Å². The average Bonchev–Trinajstić information content (AvgIpc) is 3.29. The van der Waals surface area contributed by atoms with E-state index in [4.69, 9.17) is 18.9 Å². The van der Waals surface area contributed by atoms with Gasteiger partial charge in [-0.25, -0.2) is 4.79 Å². The number of esters is 1. The number of carbonyl (C=O) groups excluding carboxylic acids is 2. The predicted molar refractivity (Wildman–Crippen MR) is 114 cm³/mol. The predicted octanol–water partition coefficient (Wildman–Crippen LogP) is 4.43. The van der Waals surface area contributed by atoms with Gasteiger partial charge in [0.1, 0.15) is 17.9 Å². The van der Waals surface area contributed by atoms with Crippen molar-refractivity contribution >= 4 is 17.8 Å². The van der Waals surface area contributed by atoms with E-state index in [1.807, 2.05) is 30.3 Å². The molecular weight excluding hydrogens is 396 g/mol. The minimum absolute atomic E-state index is 0.0958. The van der Waals surface area contributed by atoms with E-state index in [1.165, 1.54) is 13.2 Å². The zero-order valence-corrected chi connectivity index (χ0v) is 16.9. The summed E-state index contributed by atoms with van der Waals surface area (Å²) < 4.78 is 21.3. The molecule has 0 atom stereocenters. The molecule has 0 saturated carbocycles. The molecule has 3 aromatic carbocycles. The van der Waals surface area contributed by atoms with E-state index in [1.54, 1.807) is 42.5 Å². The number of ketones is 1. The first kappa shape index (κ1) is 20.2. The molecule has 0 fully saturated rings. The van der Waals surface area contributed by atoms with E-state index in [-0.39, 0.29) is 12.4 Å². The summed E-state index contributed by atoms with van der Waals surface area (Å²) in [5.41, 5.74) is 1.86. The monoisotopic (exact) mass is 416 g/mol. The Morgan fingerprint density at radius 1 is 0.935 bits per heavy atom. The van der Waals surface area contributed by atoms with Gasteiger partial charge in [0.2, 0.25) is 6.79 Å². The van der Waals surface area contributed by atoms with Crippen molar-refractivity contribution in [2.75, 3.05) is 13.9 Å². The Morgan fingerprint density at radius 3 is 2.55 bits per heavy atom. The highest BCUT2D eigenvalue weighted by Gasteiger charge is 2.22. The van der Waals surface area contributed by atoms with Gasteiger partial charge in [0.25, 0.3) is 0 Å². The smallest absolute Gasteiger partial charge is 0.341 e. The van der Waals surface area contributed by atoms with Crippen LogP contribution >= 0.6 is 0 Å². The highest BCUT2D eigenvalue weighted by Crippen LogP contribution is 2.33. The first-order chi connectivity index (χ1) is 15.1. The minimum atomic E-state index is -0.724. The zero-order valence-electron chi connectivity index (χ0n) is 16.9. The first-order valence-electron chi connectivity index (χ1n) is 9.65. The molecule has 0 bridgehead atoms. The van der Waals surface area contributed by atoms with Crippen molar-refractivity contribution in [1.82, 2.24) is 0 Å². The van der Waals surface area contributed by atoms with Crippen LogP contribution in [0.15, 0.2) is 78.4 Å². The van der Waals surface area contributed by atoms with Gasteiger partial charge in [-0.3, -0.25) is 4.79 Å². The van der Waals surface area contributed by atoms with Gasteiger partial charge < -0.3 is 18.9 Å². The van der Waals surface area contributed by atoms with Crippen LogP contribution in [-0.4, -0.2) is 25.7 Å². The van der Waals surface area contributed by atoms with Crippen LogP contribution < -0.4 is 14.2 Å². The summed E-state index contributed by atoms with van der Waals surface area (Å²) >= 11 is 0. The summed E-state index contributed by atoms with van der Waals surface area (Å²) in [6.45, 7) is 0.510. The van der Waals surface area contributed by atoms with E-state index >= 15 is 0 Å². The zero-order chi connectivity index (χ0) is 21.6. The normalized spacial score (nSPS) is 12.4. The summed E-state index contributed by atoms with van der Waals surface area (Å²) in [5.74, 6) is 0.517. The second-order valence-electron chi connectivity index (χ2n) is 6.79. The number of hydrogen-bond acceptors (Lipinski definition) is 6. The van der Waals surface area contributed by atoms with E-state index < -0.39 is 11.8 Å². The van der Waals surface area contributed by atoms with Gasteiger partial charge in [0.05, 0.1) is 7.11 Å². The van der Waals surface area contributed by atoms with Gasteiger partial charge in [-0.2, -0.15) is 0 Å². The summed E-state index contributed by atoms with van der Waals surface area (Å²) in [4.78, 5) is 25.5. The average molecular weight is 416 g/mol. The Balaban J connectivity index is 1.58. The van der Waals surface area contributed by atoms with Crippen LogP contribution in [0.4, 0.5) is 0 Å². The lowest BCUT2D eigenvalue weighted by Gasteiger charge is -2.09. The van der Waals surface area contributed by atoms with E-state index in [9.17, 15) is 9.59 Å². The largest absolute Gasteiger partial charge is 0.489 e. The summed E-state index contributed by atoms with van der Waals surface area (Å²) in [5, 5.41) is 0. The molecule has 6 heteroatoms. The van der Waals surface area contributed by atoms with Crippen molar-refractivity contribution < 1.29 is 28.5 Å². The second kappa shape index (κ2) is 9.17. The number of rotatable bonds is 7. The molecule has 156 valence electrons. The van der Waals surface area contributed by atoms with Crippen LogP contribution in [0, 0.1) is 0 Å². The van der Waals surface area contributed by atoms with Crippen LogP contribution in [0.2, 0.25) is 0 Å². The number of ether oxygens (including phenoxy) is 4. The van der Waals surface area contributed by atoms with Crippen molar-refractivity contribution in [3.63, 3.8) is 0 Å². The third-order valence-corrected chi connectivity index (χ3v) is 4.70. The molecule has 3 aromatic rings. The Labute approximate surface area is 179 Å². The third-order valence-electron chi connectivity index (χ3n) is 4.70. The SMILES string of the molecule is COC(=O)/C(=C\c1ccc2c(c1)OCO2)C(=O)c1cccc(OCc2ccccc2)c1. The molecule has 1 heterocycles. The molecule has 6 nitrogen and oxygen atoms in total. The molecule has 0 aromatic heterocycles. The number of carbonyl (C=O) groups is 2. The fraction of sp³-hybridized carbons (Fsp3) is 0.120. The van der Waals surface area contributed by atoms with E-state index in [0.29, 0.717) is 35.0 Å². The quantitative estimate of drug-likeness (QED) is 0.187. The lowest BCUT2D eigenvalue weighted by molar-refractivity contribution is -0.135. The fourth-order valence-corrected chi connectivity index (χ4v) is 3.12. The number of methoxy groups -OCH3 is 1. The number of fused-ring (bicyclic) bond motifs is 1. The number of Topliss-reactive ketones (excluding diaryl/α,β-unsaturated/α-hetero) is 1. The van der Waals surface area contributed by atoms with Crippen LogP contribution in [0.25, 0.3) is 6.08 Å². The van der Waals surface area contributed by atoms with Crippen LogP contribution in [0.5, 0.6) is 17.2 Å².